The number of ether oxygens (including phenoxy) is 4. The number of ketones is 5. The van der Waals surface area contributed by atoms with E-state index in [0.717, 1.165) is 82.3 Å². The number of nitrogen functional groups attached to an aromatic ring is 1. The van der Waals surface area contributed by atoms with E-state index in [9.17, 15) is 49.2 Å². The van der Waals surface area contributed by atoms with E-state index in [4.69, 9.17) is 30.4 Å². The van der Waals surface area contributed by atoms with Crippen molar-refractivity contribution in [1.29, 1.82) is 0 Å². The van der Waals surface area contributed by atoms with E-state index in [2.05, 4.69) is 26.1 Å². The van der Waals surface area contributed by atoms with Crippen molar-refractivity contribution in [1.82, 2.24) is 0 Å². The molecular weight excluding hydrogens is 1190 g/mol. The van der Waals surface area contributed by atoms with Crippen LogP contribution in [0.15, 0.2) is 145 Å². The van der Waals surface area contributed by atoms with Gasteiger partial charge in [0.15, 0.2) is 46.9 Å². The van der Waals surface area contributed by atoms with Gasteiger partial charge in [0.25, 0.3) is 0 Å². The highest BCUT2D eigenvalue weighted by molar-refractivity contribution is 6.02. The Balaban J connectivity index is 0.000000174. The van der Waals surface area contributed by atoms with Crippen LogP contribution in [0.1, 0.15) is 145 Å². The Bertz CT molecular complexity index is 3820. The van der Waals surface area contributed by atoms with Gasteiger partial charge < -0.3 is 56.2 Å². The monoisotopic (exact) mass is 1280 g/mol. The molecule has 94 heavy (non-hydrogen) atoms. The predicted octanol–water partition coefficient (Wildman–Crippen LogP) is 9.22. The molecule has 17 nitrogen and oxygen atoms in total. The van der Waals surface area contributed by atoms with Crippen LogP contribution in [0, 0.1) is 63.1 Å². The topological polar surface area (TPSA) is 284 Å². The zero-order chi connectivity index (χ0) is 66.6. The summed E-state index contributed by atoms with van der Waals surface area (Å²) in [6, 6.07) is 30.7. The van der Waals surface area contributed by atoms with E-state index in [1.165, 1.54) is 0 Å². The molecule has 2 heterocycles. The van der Waals surface area contributed by atoms with Crippen LogP contribution in [0.3, 0.4) is 0 Å². The molecule has 1 amide bonds. The highest BCUT2D eigenvalue weighted by Gasteiger charge is 2.78. The highest BCUT2D eigenvalue weighted by atomic mass is 16.8. The van der Waals surface area contributed by atoms with Gasteiger partial charge in [0, 0.05) is 68.3 Å². The van der Waals surface area contributed by atoms with Gasteiger partial charge in [-0.1, -0.05) is 131 Å². The zero-order valence-electron chi connectivity index (χ0n) is 54.5. The molecule has 4 aromatic carbocycles. The van der Waals surface area contributed by atoms with Gasteiger partial charge in [0.1, 0.15) is 19.0 Å². The molecule has 0 unspecified atom stereocenters. The van der Waals surface area contributed by atoms with E-state index in [1.807, 2.05) is 116 Å². The number of aliphatic hydroxyl groups excluding tert-OH is 4. The quantitative estimate of drug-likeness (QED) is 0.0546. The number of fused-ring (bicyclic) bond motifs is 14. The largest absolute Gasteiger partial charge is 0.399 e. The molecule has 0 bridgehead atoms. The molecule has 0 spiro atoms. The summed E-state index contributed by atoms with van der Waals surface area (Å²) < 4.78 is 26.6. The van der Waals surface area contributed by atoms with Gasteiger partial charge in [0.05, 0.1) is 30.5 Å². The lowest BCUT2D eigenvalue weighted by Crippen LogP contribution is -2.63. The molecule has 17 heteroatoms. The number of Topliss-reactive ketones (excluding diaryl/α,β-unsaturated/α-hetero) is 3. The number of rotatable bonds is 15. The molecule has 2 saturated heterocycles. The SMILES string of the molecule is C[C@H](N)C(=O)C[C@@H](C)C(=O)Nc1cccc(Cc2ccc([C@@H]3O[C@@H]4C[C@H]5[C@@H]6CCC7=CC(=O)C=C[C@]7(C)[C@H]6[C@@H](O)C[C@]5(C)[C@]4(C(=O)CO)O3)cc2)c1.C[C@]12C=CC(=O)C=C1CC[C@@H]1[C@@H]2[C@@H](O)C[C@@]2(C)[C@H]1C[C@H]1O[C@@H](c3ccc(Cc4cccc(N)c4)cc3)O[C@]12C(=O)CO. The number of aliphatic hydroxyl groups is 4. The summed E-state index contributed by atoms with van der Waals surface area (Å²) in [5.41, 5.74) is 15.9. The van der Waals surface area contributed by atoms with Crippen LogP contribution in [0.2, 0.25) is 0 Å². The third-order valence-electron chi connectivity index (χ3n) is 24.5. The van der Waals surface area contributed by atoms with Crippen molar-refractivity contribution >= 4 is 46.2 Å². The van der Waals surface area contributed by atoms with Gasteiger partial charge in [-0.3, -0.25) is 28.8 Å². The molecule has 10 aliphatic rings. The minimum atomic E-state index is -1.41. The fraction of sp³-hybridized carbons (Fsp3) is 0.506. The van der Waals surface area contributed by atoms with Gasteiger partial charge in [-0.2, -0.15) is 0 Å². The molecule has 0 aromatic heterocycles. The molecule has 6 saturated carbocycles. The van der Waals surface area contributed by atoms with Crippen LogP contribution >= 0.6 is 0 Å². The van der Waals surface area contributed by atoms with Crippen molar-refractivity contribution in [3.05, 3.63) is 178 Å². The number of benzene rings is 4. The van der Waals surface area contributed by atoms with E-state index in [-0.39, 0.29) is 71.0 Å². The number of nitrogens with one attached hydrogen (secondary N) is 1. The third-order valence-corrected chi connectivity index (χ3v) is 24.5. The fourth-order valence-corrected chi connectivity index (χ4v) is 20.0. The standard InChI is InChI=1S/C42H50N2O8.C35H39NO6/c1-23(16-33(47)24(2)43)38(50)44-29-7-5-6-26(18-29)17-25-8-10-27(11-9-25)39-51-36-20-32-31-13-12-28-19-30(46)14-15-40(28,3)37(31)34(48)21-41(32,4)42(36,52-39)35(49)22-45;1-33-13-12-25(38)16-23(33)10-11-26-27-17-30-35(29(40)19-37,34(27,2)18-28(39)31(26)33)42-32(41-30)22-8-6-20(7-9-22)14-21-4-3-5-24(36)15-21/h5-11,14-15,18-19,23-24,31-32,34,36-37,39,45,48H,12-13,16-17,20-22,43H2,1-4H3,(H,44,50);3-9,12-13,15-16,26-28,30-32,37,39H,10-11,14,17-19,36H2,1-2H3/t23-,24+,31+,32+,34+,36-,37-,39-,40+,41+,42-;26-,27-,28-,30+,31+,32+,33-,34-,35+/m10/s1. The molecule has 14 rings (SSSR count). The number of amides is 1. The number of hydrogen-bond donors (Lipinski definition) is 7. The molecule has 496 valence electrons. The lowest BCUT2D eigenvalue weighted by atomic mass is 9.46. The summed E-state index contributed by atoms with van der Waals surface area (Å²) >= 11 is 0. The predicted molar refractivity (Wildman–Crippen MR) is 351 cm³/mol. The summed E-state index contributed by atoms with van der Waals surface area (Å²) in [7, 11) is 0. The Hall–Kier alpha value is -6.90. The Morgan fingerprint density at radius 2 is 1.06 bits per heavy atom. The number of allylic oxidation sites excluding steroid dienone is 8. The minimum Gasteiger partial charge on any atom is -0.399 e. The van der Waals surface area contributed by atoms with E-state index >= 15 is 0 Å². The van der Waals surface area contributed by atoms with Crippen molar-refractivity contribution in [2.45, 2.75) is 166 Å². The van der Waals surface area contributed by atoms with Crippen molar-refractivity contribution in [3.63, 3.8) is 0 Å². The van der Waals surface area contributed by atoms with Crippen LogP contribution in [0.5, 0.6) is 0 Å². The zero-order valence-corrected chi connectivity index (χ0v) is 54.5. The Morgan fingerprint density at radius 3 is 1.50 bits per heavy atom. The van der Waals surface area contributed by atoms with Gasteiger partial charge >= 0.3 is 0 Å². The maximum Gasteiger partial charge on any atom is 0.227 e. The Morgan fingerprint density at radius 1 is 0.617 bits per heavy atom. The smallest absolute Gasteiger partial charge is 0.227 e. The van der Waals surface area contributed by atoms with Crippen LogP contribution in [-0.2, 0) is 60.6 Å². The average molecular weight is 1280 g/mol. The van der Waals surface area contributed by atoms with Crippen LogP contribution in [-0.4, -0.2) is 110 Å². The normalized spacial score (nSPS) is 37.7. The first-order valence-electron chi connectivity index (χ1n) is 33.7. The second kappa shape index (κ2) is 24.6. The molecule has 8 aliphatic carbocycles. The molecule has 2 aliphatic heterocycles. The van der Waals surface area contributed by atoms with Gasteiger partial charge in [-0.05, 0) is 166 Å². The maximum absolute atomic E-state index is 13.9. The van der Waals surface area contributed by atoms with Gasteiger partial charge in [-0.15, -0.1) is 0 Å². The molecule has 8 fully saturated rings. The first-order chi connectivity index (χ1) is 44.8. The first kappa shape index (κ1) is 65.7. The summed E-state index contributed by atoms with van der Waals surface area (Å²) in [5.74, 6) is -1.56. The molecular formula is C77H89N3O14. The Kier molecular flexibility index (Phi) is 17.2. The van der Waals surface area contributed by atoms with Crippen molar-refractivity contribution in [2.75, 3.05) is 24.3 Å². The average Bonchev–Trinajstić information content (AvgIpc) is 1.49. The molecule has 9 N–H and O–H groups in total. The lowest BCUT2D eigenvalue weighted by molar-refractivity contribution is -0.201. The third kappa shape index (κ3) is 10.7. The second-order valence-electron chi connectivity index (χ2n) is 29.8. The highest BCUT2D eigenvalue weighted by Crippen LogP contribution is 2.72. The fourth-order valence-electron chi connectivity index (χ4n) is 20.0. The Labute approximate surface area is 549 Å². The van der Waals surface area contributed by atoms with Crippen molar-refractivity contribution in [3.8, 4) is 0 Å². The maximum atomic E-state index is 13.9. The van der Waals surface area contributed by atoms with Gasteiger partial charge in [-0.25, -0.2) is 0 Å². The van der Waals surface area contributed by atoms with E-state index < -0.39 is 101 Å². The van der Waals surface area contributed by atoms with Crippen molar-refractivity contribution in [2.24, 2.45) is 68.8 Å². The molecule has 4 aromatic rings. The van der Waals surface area contributed by atoms with Crippen LogP contribution in [0.4, 0.5) is 11.4 Å². The molecule has 20 atom stereocenters. The summed E-state index contributed by atoms with van der Waals surface area (Å²) in [6.45, 7) is 10.3. The number of nitrogens with two attached hydrogens (primary N) is 2. The number of carbonyl (C=O) groups is 6. The first-order valence-corrected chi connectivity index (χ1v) is 33.7. The second-order valence-corrected chi connectivity index (χ2v) is 29.8. The number of carbonyl (C=O) groups excluding carboxylic acids is 6. The molecule has 0 radical (unpaired) electrons. The van der Waals surface area contributed by atoms with Crippen LogP contribution in [0.25, 0.3) is 0 Å². The van der Waals surface area contributed by atoms with Crippen LogP contribution < -0.4 is 16.8 Å². The number of hydrogen-bond acceptors (Lipinski definition) is 16. The lowest BCUT2D eigenvalue weighted by Gasteiger charge is -2.59. The van der Waals surface area contributed by atoms with Gasteiger partial charge in [0.2, 0.25) is 5.91 Å². The van der Waals surface area contributed by atoms with E-state index in [1.54, 1.807) is 38.2 Å². The summed E-state index contributed by atoms with van der Waals surface area (Å²) in [4.78, 5) is 76.7. The van der Waals surface area contributed by atoms with E-state index in [0.29, 0.717) is 37.8 Å². The minimum absolute atomic E-state index is 0.00425. The number of anilines is 2. The summed E-state index contributed by atoms with van der Waals surface area (Å²) in [6.07, 6.45) is 13.1. The van der Waals surface area contributed by atoms with Crippen molar-refractivity contribution < 1.29 is 68.1 Å². The summed E-state index contributed by atoms with van der Waals surface area (Å²) in [5, 5.41) is 47.1.